The summed E-state index contributed by atoms with van der Waals surface area (Å²) in [6.07, 6.45) is 0.688. The van der Waals surface area contributed by atoms with Gasteiger partial charge in [0.25, 0.3) is 0 Å². The smallest absolute Gasteiger partial charge is 0.150 e. The van der Waals surface area contributed by atoms with E-state index in [-0.39, 0.29) is 29.3 Å². The summed E-state index contributed by atoms with van der Waals surface area (Å²) in [6.45, 7) is 2.46. The highest BCUT2D eigenvalue weighted by atomic mass is 32.2. The minimum absolute atomic E-state index is 0.128. The Morgan fingerprint density at radius 3 is 2.80 bits per heavy atom. The average Bonchev–Trinajstić information content (AvgIpc) is 2.75. The Hall–Kier alpha value is -1.14. The molecule has 2 atom stereocenters. The van der Waals surface area contributed by atoms with Gasteiger partial charge in [-0.05, 0) is 31.9 Å². The van der Waals surface area contributed by atoms with E-state index in [9.17, 15) is 12.8 Å². The zero-order valence-electron chi connectivity index (χ0n) is 11.7. The minimum Gasteiger partial charge on any atom is -0.497 e. The summed E-state index contributed by atoms with van der Waals surface area (Å²) >= 11 is 0. The van der Waals surface area contributed by atoms with Crippen molar-refractivity contribution in [3.63, 3.8) is 0 Å². The third-order valence-corrected chi connectivity index (χ3v) is 5.55. The van der Waals surface area contributed by atoms with Gasteiger partial charge in [0.1, 0.15) is 11.6 Å². The molecule has 0 saturated carbocycles. The Balaban J connectivity index is 1.93. The van der Waals surface area contributed by atoms with Crippen molar-refractivity contribution in [3.05, 3.63) is 29.6 Å². The molecular formula is C14H20FNO3S. The molecule has 0 aliphatic carbocycles. The van der Waals surface area contributed by atoms with Crippen LogP contribution >= 0.6 is 0 Å². The first kappa shape index (κ1) is 15.3. The summed E-state index contributed by atoms with van der Waals surface area (Å²) in [4.78, 5) is 0. The number of halogens is 1. The SMILES string of the molecule is COc1ccc(C(C)NCC2CCS(=O)(=O)C2)c(F)c1. The maximum Gasteiger partial charge on any atom is 0.150 e. The van der Waals surface area contributed by atoms with Crippen LogP contribution in [0.5, 0.6) is 5.75 Å². The van der Waals surface area contributed by atoms with Crippen LogP contribution in [0.2, 0.25) is 0 Å². The molecule has 2 unspecified atom stereocenters. The van der Waals surface area contributed by atoms with Crippen LogP contribution in [-0.4, -0.2) is 33.6 Å². The van der Waals surface area contributed by atoms with Crippen molar-refractivity contribution in [1.29, 1.82) is 0 Å². The summed E-state index contributed by atoms with van der Waals surface area (Å²) in [5, 5.41) is 3.21. The summed E-state index contributed by atoms with van der Waals surface area (Å²) in [5.41, 5.74) is 0.562. The number of nitrogens with one attached hydrogen (secondary N) is 1. The highest BCUT2D eigenvalue weighted by molar-refractivity contribution is 7.91. The predicted octanol–water partition coefficient (Wildman–Crippen LogP) is 1.92. The van der Waals surface area contributed by atoms with E-state index in [4.69, 9.17) is 4.74 Å². The molecule has 2 rings (SSSR count). The van der Waals surface area contributed by atoms with Gasteiger partial charge in [0.2, 0.25) is 0 Å². The standard InChI is InChI=1S/C14H20FNO3S/c1-10(13-4-3-12(19-2)7-14(13)15)16-8-11-5-6-20(17,18)9-11/h3-4,7,10-11,16H,5-6,8-9H2,1-2H3. The van der Waals surface area contributed by atoms with Gasteiger partial charge in [-0.2, -0.15) is 0 Å². The molecule has 0 amide bonds. The van der Waals surface area contributed by atoms with Gasteiger partial charge in [-0.15, -0.1) is 0 Å². The van der Waals surface area contributed by atoms with Gasteiger partial charge < -0.3 is 10.1 Å². The fourth-order valence-corrected chi connectivity index (χ4v) is 4.33. The molecule has 1 aliphatic rings. The first-order valence-electron chi connectivity index (χ1n) is 6.68. The monoisotopic (exact) mass is 301 g/mol. The molecule has 1 heterocycles. The first-order chi connectivity index (χ1) is 9.41. The summed E-state index contributed by atoms with van der Waals surface area (Å²) < 4.78 is 41.6. The molecule has 6 heteroatoms. The summed E-state index contributed by atoms with van der Waals surface area (Å²) in [5.74, 6) is 0.801. The fourth-order valence-electron chi connectivity index (χ4n) is 2.47. The van der Waals surface area contributed by atoms with E-state index in [1.54, 1.807) is 12.1 Å². The second-order valence-electron chi connectivity index (χ2n) is 5.29. The molecule has 1 fully saturated rings. The number of hydrogen-bond acceptors (Lipinski definition) is 4. The number of methoxy groups -OCH3 is 1. The maximum absolute atomic E-state index is 13.9. The van der Waals surface area contributed by atoms with Crippen molar-refractivity contribution in [1.82, 2.24) is 5.32 Å². The molecule has 1 aliphatic heterocycles. The van der Waals surface area contributed by atoms with Crippen LogP contribution in [0.1, 0.15) is 24.9 Å². The van der Waals surface area contributed by atoms with Gasteiger partial charge in [0, 0.05) is 17.7 Å². The van der Waals surface area contributed by atoms with E-state index in [0.717, 1.165) is 0 Å². The molecule has 1 N–H and O–H groups in total. The summed E-state index contributed by atoms with van der Waals surface area (Å²) in [6, 6.07) is 4.60. The Labute approximate surface area is 119 Å². The highest BCUT2D eigenvalue weighted by Gasteiger charge is 2.28. The third-order valence-electron chi connectivity index (χ3n) is 3.71. The van der Waals surface area contributed by atoms with E-state index >= 15 is 0 Å². The number of benzene rings is 1. The average molecular weight is 301 g/mol. The molecule has 1 aromatic rings. The third kappa shape index (κ3) is 3.70. The van der Waals surface area contributed by atoms with Crippen molar-refractivity contribution in [3.8, 4) is 5.75 Å². The maximum atomic E-state index is 13.9. The number of ether oxygens (including phenoxy) is 1. The van der Waals surface area contributed by atoms with Crippen molar-refractivity contribution in [2.24, 2.45) is 5.92 Å². The number of sulfone groups is 1. The second-order valence-corrected chi connectivity index (χ2v) is 7.52. The van der Waals surface area contributed by atoms with Crippen LogP contribution in [0.4, 0.5) is 4.39 Å². The fraction of sp³-hybridized carbons (Fsp3) is 0.571. The number of rotatable bonds is 5. The van der Waals surface area contributed by atoms with Crippen LogP contribution < -0.4 is 10.1 Å². The van der Waals surface area contributed by atoms with Crippen molar-refractivity contribution < 1.29 is 17.5 Å². The zero-order valence-corrected chi connectivity index (χ0v) is 12.5. The van der Waals surface area contributed by atoms with E-state index in [1.807, 2.05) is 6.92 Å². The lowest BCUT2D eigenvalue weighted by molar-refractivity contribution is 0.408. The Morgan fingerprint density at radius 1 is 1.50 bits per heavy atom. The lowest BCUT2D eigenvalue weighted by atomic mass is 10.1. The molecule has 112 valence electrons. The van der Waals surface area contributed by atoms with Crippen LogP contribution in [0.25, 0.3) is 0 Å². The molecular weight excluding hydrogens is 281 g/mol. The van der Waals surface area contributed by atoms with Crippen LogP contribution in [0.15, 0.2) is 18.2 Å². The van der Waals surface area contributed by atoms with E-state index < -0.39 is 9.84 Å². The molecule has 0 spiro atoms. The molecule has 1 aromatic carbocycles. The molecule has 0 radical (unpaired) electrons. The number of hydrogen-bond donors (Lipinski definition) is 1. The highest BCUT2D eigenvalue weighted by Crippen LogP contribution is 2.23. The quantitative estimate of drug-likeness (QED) is 0.903. The van der Waals surface area contributed by atoms with Crippen molar-refractivity contribution in [2.75, 3.05) is 25.2 Å². The normalized spacial score (nSPS) is 22.6. The van der Waals surface area contributed by atoms with Gasteiger partial charge in [-0.3, -0.25) is 0 Å². The molecule has 20 heavy (non-hydrogen) atoms. The molecule has 0 bridgehead atoms. The van der Waals surface area contributed by atoms with Crippen molar-refractivity contribution >= 4 is 9.84 Å². The van der Waals surface area contributed by atoms with Crippen LogP contribution in [0.3, 0.4) is 0 Å². The minimum atomic E-state index is -2.86. The van der Waals surface area contributed by atoms with Gasteiger partial charge in [-0.25, -0.2) is 12.8 Å². The van der Waals surface area contributed by atoms with E-state index in [0.29, 0.717) is 24.3 Å². The Bertz CT molecular complexity index is 574. The topological polar surface area (TPSA) is 55.4 Å². The van der Waals surface area contributed by atoms with Gasteiger partial charge in [0.15, 0.2) is 9.84 Å². The zero-order chi connectivity index (χ0) is 14.8. The van der Waals surface area contributed by atoms with Gasteiger partial charge in [0.05, 0.1) is 18.6 Å². The largest absolute Gasteiger partial charge is 0.497 e. The first-order valence-corrected chi connectivity index (χ1v) is 8.50. The lowest BCUT2D eigenvalue weighted by Crippen LogP contribution is -2.27. The van der Waals surface area contributed by atoms with Crippen LogP contribution in [-0.2, 0) is 9.84 Å². The molecule has 4 nitrogen and oxygen atoms in total. The van der Waals surface area contributed by atoms with E-state index in [1.165, 1.54) is 13.2 Å². The molecule has 0 aromatic heterocycles. The van der Waals surface area contributed by atoms with Gasteiger partial charge >= 0.3 is 0 Å². The molecule has 1 saturated heterocycles. The lowest BCUT2D eigenvalue weighted by Gasteiger charge is -2.18. The van der Waals surface area contributed by atoms with Crippen LogP contribution in [0, 0.1) is 11.7 Å². The van der Waals surface area contributed by atoms with Crippen molar-refractivity contribution in [2.45, 2.75) is 19.4 Å². The summed E-state index contributed by atoms with van der Waals surface area (Å²) in [7, 11) is -1.36. The Morgan fingerprint density at radius 2 is 2.25 bits per heavy atom. The second kappa shape index (κ2) is 6.10. The van der Waals surface area contributed by atoms with Gasteiger partial charge in [-0.1, -0.05) is 6.07 Å². The Kier molecular flexibility index (Phi) is 4.65. The van der Waals surface area contributed by atoms with E-state index in [2.05, 4.69) is 5.32 Å². The predicted molar refractivity (Wildman–Crippen MR) is 76.1 cm³/mol.